The highest BCUT2D eigenvalue weighted by atomic mass is 19.1. The van der Waals surface area contributed by atoms with Crippen LogP contribution in [-0.4, -0.2) is 9.97 Å². The van der Waals surface area contributed by atoms with Crippen LogP contribution >= 0.6 is 0 Å². The summed E-state index contributed by atoms with van der Waals surface area (Å²) in [5, 5.41) is 3.02. The minimum Gasteiger partial charge on any atom is -0.374 e. The normalized spacial score (nSPS) is 12.4. The molecule has 124 valence electrons. The largest absolute Gasteiger partial charge is 0.374 e. The summed E-state index contributed by atoms with van der Waals surface area (Å²) in [6.45, 7) is 3.36. The molecule has 1 atom stereocenters. The summed E-state index contributed by atoms with van der Waals surface area (Å²) in [5.74, 6) is -1.49. The van der Waals surface area contributed by atoms with Crippen molar-refractivity contribution in [3.63, 3.8) is 0 Å². The van der Waals surface area contributed by atoms with Gasteiger partial charge >= 0.3 is 0 Å². The molecule has 0 aliphatic rings. The van der Waals surface area contributed by atoms with Gasteiger partial charge in [0, 0.05) is 11.6 Å². The van der Waals surface area contributed by atoms with Gasteiger partial charge in [-0.2, -0.15) is 0 Å². The first-order chi connectivity index (χ1) is 11.5. The summed E-state index contributed by atoms with van der Waals surface area (Å²) in [7, 11) is 0. The van der Waals surface area contributed by atoms with Gasteiger partial charge in [-0.25, -0.2) is 23.1 Å². The van der Waals surface area contributed by atoms with Crippen LogP contribution in [0.2, 0.25) is 0 Å². The van der Waals surface area contributed by atoms with Crippen LogP contribution in [0.25, 0.3) is 11.0 Å². The van der Waals surface area contributed by atoms with Crippen molar-refractivity contribution in [1.82, 2.24) is 9.97 Å². The summed E-state index contributed by atoms with van der Waals surface area (Å²) < 4.78 is 42.0. The third kappa shape index (κ3) is 2.91. The Hall–Kier alpha value is -2.63. The van der Waals surface area contributed by atoms with Gasteiger partial charge in [0.15, 0.2) is 5.82 Å². The van der Waals surface area contributed by atoms with Crippen LogP contribution in [0.4, 0.5) is 18.9 Å². The minimum atomic E-state index is -0.573. The maximum Gasteiger partial charge on any atom is 0.169 e. The molecule has 0 aliphatic carbocycles. The number of benzene rings is 1. The van der Waals surface area contributed by atoms with Crippen LogP contribution in [0.3, 0.4) is 0 Å². The van der Waals surface area contributed by atoms with Crippen molar-refractivity contribution in [2.75, 3.05) is 5.32 Å². The molecule has 1 N–H and O–H groups in total. The lowest BCUT2D eigenvalue weighted by Gasteiger charge is -2.21. The van der Waals surface area contributed by atoms with E-state index in [-0.39, 0.29) is 28.2 Å². The third-order valence-electron chi connectivity index (χ3n) is 3.90. The molecular weight excluding hydrogens is 315 g/mol. The van der Waals surface area contributed by atoms with Crippen molar-refractivity contribution in [1.29, 1.82) is 0 Å². The van der Waals surface area contributed by atoms with Gasteiger partial charge in [-0.05, 0) is 19.4 Å². The molecule has 1 aromatic carbocycles. The number of aromatic nitrogens is 2. The maximum atomic E-state index is 14.6. The topological polar surface area (TPSA) is 37.8 Å². The molecule has 0 radical (unpaired) electrons. The van der Waals surface area contributed by atoms with Crippen LogP contribution in [-0.2, 0) is 0 Å². The Kier molecular flexibility index (Phi) is 4.38. The lowest BCUT2D eigenvalue weighted by molar-refractivity contribution is 0.580. The van der Waals surface area contributed by atoms with Crippen molar-refractivity contribution >= 4 is 16.7 Å². The van der Waals surface area contributed by atoms with Gasteiger partial charge in [0.1, 0.15) is 22.8 Å². The van der Waals surface area contributed by atoms with E-state index in [1.165, 1.54) is 19.1 Å². The van der Waals surface area contributed by atoms with E-state index >= 15 is 0 Å². The van der Waals surface area contributed by atoms with Gasteiger partial charge in [-0.3, -0.25) is 0 Å². The average molecular weight is 331 g/mol. The van der Waals surface area contributed by atoms with E-state index in [2.05, 4.69) is 15.3 Å². The second-order valence-corrected chi connectivity index (χ2v) is 5.53. The maximum absolute atomic E-state index is 14.6. The van der Waals surface area contributed by atoms with Crippen LogP contribution in [0.1, 0.15) is 30.6 Å². The Morgan fingerprint density at radius 2 is 1.92 bits per heavy atom. The molecule has 0 unspecified atom stereocenters. The lowest BCUT2D eigenvalue weighted by Crippen LogP contribution is -2.14. The van der Waals surface area contributed by atoms with Crippen molar-refractivity contribution in [2.24, 2.45) is 0 Å². The molecule has 0 fully saturated rings. The van der Waals surface area contributed by atoms with Crippen molar-refractivity contribution in [3.8, 4) is 0 Å². The zero-order valence-electron chi connectivity index (χ0n) is 13.3. The number of pyridine rings is 2. The molecule has 0 aliphatic heterocycles. The van der Waals surface area contributed by atoms with Gasteiger partial charge in [0.2, 0.25) is 0 Å². The molecule has 2 aromatic heterocycles. The first kappa shape index (κ1) is 16.2. The van der Waals surface area contributed by atoms with Gasteiger partial charge in [-0.1, -0.05) is 25.1 Å². The van der Waals surface area contributed by atoms with Gasteiger partial charge in [0.05, 0.1) is 23.4 Å². The molecule has 3 aromatic rings. The summed E-state index contributed by atoms with van der Waals surface area (Å²) >= 11 is 0. The predicted molar refractivity (Wildman–Crippen MR) is 87.2 cm³/mol. The van der Waals surface area contributed by atoms with Gasteiger partial charge in [-0.15, -0.1) is 0 Å². The summed E-state index contributed by atoms with van der Waals surface area (Å²) in [6, 6.07) is 7.09. The van der Waals surface area contributed by atoms with Crippen molar-refractivity contribution < 1.29 is 13.2 Å². The molecule has 0 saturated heterocycles. The van der Waals surface area contributed by atoms with E-state index in [9.17, 15) is 13.2 Å². The number of hydrogen-bond acceptors (Lipinski definition) is 3. The summed E-state index contributed by atoms with van der Waals surface area (Å²) in [5.41, 5.74) is 1.13. The molecule has 0 bridgehead atoms. The Morgan fingerprint density at radius 3 is 2.62 bits per heavy atom. The van der Waals surface area contributed by atoms with E-state index in [4.69, 9.17) is 0 Å². The molecule has 3 nitrogen and oxygen atoms in total. The van der Waals surface area contributed by atoms with E-state index < -0.39 is 17.7 Å². The highest BCUT2D eigenvalue weighted by Gasteiger charge is 2.20. The van der Waals surface area contributed by atoms with Crippen LogP contribution in [0, 0.1) is 24.4 Å². The van der Waals surface area contributed by atoms with Gasteiger partial charge < -0.3 is 5.32 Å². The Bertz CT molecular complexity index is 896. The Labute approximate surface area is 137 Å². The van der Waals surface area contributed by atoms with Crippen LogP contribution in [0.5, 0.6) is 0 Å². The Morgan fingerprint density at radius 1 is 1.17 bits per heavy atom. The van der Waals surface area contributed by atoms with E-state index in [0.29, 0.717) is 12.0 Å². The molecular formula is C18H16F3N3. The van der Waals surface area contributed by atoms with Gasteiger partial charge in [0.25, 0.3) is 0 Å². The zero-order chi connectivity index (χ0) is 17.3. The molecule has 0 spiro atoms. The quantitative estimate of drug-likeness (QED) is 0.737. The Balaban J connectivity index is 2.11. The van der Waals surface area contributed by atoms with E-state index in [1.807, 2.05) is 6.92 Å². The fourth-order valence-electron chi connectivity index (χ4n) is 2.68. The number of halogens is 3. The zero-order valence-corrected chi connectivity index (χ0v) is 13.3. The number of rotatable bonds is 4. The van der Waals surface area contributed by atoms with Crippen LogP contribution in [0.15, 0.2) is 36.5 Å². The molecule has 2 heterocycles. The number of aryl methyl sites for hydroxylation is 1. The third-order valence-corrected chi connectivity index (χ3v) is 3.90. The van der Waals surface area contributed by atoms with E-state index in [1.54, 1.807) is 18.2 Å². The SMILES string of the molecule is CC[C@@H](Nc1c(F)c(C)nc2cc(F)cnc12)c1ccccc1F. The smallest absolute Gasteiger partial charge is 0.169 e. The lowest BCUT2D eigenvalue weighted by atomic mass is 10.0. The monoisotopic (exact) mass is 331 g/mol. The second kappa shape index (κ2) is 6.47. The number of nitrogens with one attached hydrogen (secondary N) is 1. The number of anilines is 1. The highest BCUT2D eigenvalue weighted by Crippen LogP contribution is 2.31. The first-order valence-corrected chi connectivity index (χ1v) is 7.63. The molecule has 3 rings (SSSR count). The molecule has 0 amide bonds. The molecule has 6 heteroatoms. The fourth-order valence-corrected chi connectivity index (χ4v) is 2.68. The minimum absolute atomic E-state index is 0.104. The van der Waals surface area contributed by atoms with E-state index in [0.717, 1.165) is 6.20 Å². The van der Waals surface area contributed by atoms with Crippen molar-refractivity contribution in [3.05, 3.63) is 65.2 Å². The molecule has 0 saturated carbocycles. The number of nitrogens with zero attached hydrogens (tertiary/aromatic N) is 2. The summed E-state index contributed by atoms with van der Waals surface area (Å²) in [6.07, 6.45) is 1.54. The first-order valence-electron chi connectivity index (χ1n) is 7.63. The fraction of sp³-hybridized carbons (Fsp3) is 0.222. The average Bonchev–Trinajstić information content (AvgIpc) is 2.56. The standard InChI is InChI=1S/C18H16F3N3/c1-3-14(12-6-4-5-7-13(12)20)24-18-16(21)10(2)23-15-8-11(19)9-22-17(15)18/h4-9,14H,3H2,1-2H3,(H,23,24)/t14-/m1/s1. The number of fused-ring (bicyclic) bond motifs is 1. The molecule has 24 heavy (non-hydrogen) atoms. The van der Waals surface area contributed by atoms with Crippen molar-refractivity contribution in [2.45, 2.75) is 26.3 Å². The summed E-state index contributed by atoms with van der Waals surface area (Å²) in [4.78, 5) is 7.98. The second-order valence-electron chi connectivity index (χ2n) is 5.53. The number of hydrogen-bond donors (Lipinski definition) is 1. The predicted octanol–water partition coefficient (Wildman–Crippen LogP) is 4.92. The van der Waals surface area contributed by atoms with Crippen LogP contribution < -0.4 is 5.32 Å². The highest BCUT2D eigenvalue weighted by molar-refractivity contribution is 5.88.